The van der Waals surface area contributed by atoms with Crippen LogP contribution in [0.4, 0.5) is 4.79 Å². The van der Waals surface area contributed by atoms with Gasteiger partial charge in [0.2, 0.25) is 0 Å². The van der Waals surface area contributed by atoms with Crippen molar-refractivity contribution in [3.63, 3.8) is 0 Å². The summed E-state index contributed by atoms with van der Waals surface area (Å²) in [6.45, 7) is 7.01. The first-order valence-corrected chi connectivity index (χ1v) is 9.32. The number of likely N-dealkylation sites (tertiary alicyclic amines) is 1. The average Bonchev–Trinajstić information content (AvgIpc) is 2.60. The number of hydrogen-bond acceptors (Lipinski definition) is 4. The molecule has 26 heavy (non-hydrogen) atoms. The Kier molecular flexibility index (Phi) is 5.47. The number of aliphatic hydroxyl groups is 1. The summed E-state index contributed by atoms with van der Waals surface area (Å²) in [5.74, 6) is 0.399. The van der Waals surface area contributed by atoms with E-state index < -0.39 is 11.7 Å². The molecule has 1 N–H and O–H groups in total. The van der Waals surface area contributed by atoms with E-state index in [0.29, 0.717) is 25.4 Å². The predicted octanol–water partition coefficient (Wildman–Crippen LogP) is 4.31. The third kappa shape index (κ3) is 4.52. The molecule has 2 heterocycles. The second-order valence-corrected chi connectivity index (χ2v) is 8.11. The number of aliphatic hydroxyl groups excluding tert-OH is 1. The molecule has 3 rings (SSSR count). The zero-order valence-electron chi connectivity index (χ0n) is 15.8. The molecule has 0 saturated carbocycles. The van der Waals surface area contributed by atoms with Gasteiger partial charge in [0.1, 0.15) is 5.60 Å². The molecule has 0 bridgehead atoms. The maximum absolute atomic E-state index is 12.2. The summed E-state index contributed by atoms with van der Waals surface area (Å²) < 4.78 is 5.44. The van der Waals surface area contributed by atoms with E-state index in [1.54, 1.807) is 11.1 Å². The Morgan fingerprint density at radius 3 is 2.73 bits per heavy atom. The Morgan fingerprint density at radius 2 is 2.04 bits per heavy atom. The van der Waals surface area contributed by atoms with Crippen molar-refractivity contribution in [1.82, 2.24) is 9.88 Å². The highest BCUT2D eigenvalue weighted by atomic mass is 16.6. The van der Waals surface area contributed by atoms with Crippen molar-refractivity contribution < 1.29 is 14.6 Å². The van der Waals surface area contributed by atoms with E-state index in [9.17, 15) is 9.90 Å². The number of ether oxygens (including phenoxy) is 1. The Hall–Kier alpha value is -2.14. The SMILES string of the molecule is CC(C)(C)OC(=O)N1CCC(CC(O)c2cccc3ccncc23)CC1. The number of carbonyl (C=O) groups is 1. The van der Waals surface area contributed by atoms with Crippen LogP contribution in [0.3, 0.4) is 0 Å². The molecule has 0 aliphatic carbocycles. The molecule has 0 radical (unpaired) electrons. The van der Waals surface area contributed by atoms with Crippen molar-refractivity contribution in [2.45, 2.75) is 51.7 Å². The van der Waals surface area contributed by atoms with Gasteiger partial charge >= 0.3 is 6.09 Å². The van der Waals surface area contributed by atoms with Gasteiger partial charge in [-0.25, -0.2) is 4.79 Å². The van der Waals surface area contributed by atoms with Gasteiger partial charge in [-0.1, -0.05) is 18.2 Å². The predicted molar refractivity (Wildman–Crippen MR) is 102 cm³/mol. The topological polar surface area (TPSA) is 62.7 Å². The molecule has 0 spiro atoms. The van der Waals surface area contributed by atoms with Crippen LogP contribution in [-0.4, -0.2) is 39.8 Å². The zero-order valence-corrected chi connectivity index (χ0v) is 15.8. The minimum Gasteiger partial charge on any atom is -0.444 e. The lowest BCUT2D eigenvalue weighted by molar-refractivity contribution is 0.0161. The molecule has 1 aromatic heterocycles. The number of rotatable bonds is 3. The first kappa shape index (κ1) is 18.6. The van der Waals surface area contributed by atoms with Gasteiger partial charge in [0.25, 0.3) is 0 Å². The van der Waals surface area contributed by atoms with Crippen molar-refractivity contribution >= 4 is 16.9 Å². The summed E-state index contributed by atoms with van der Waals surface area (Å²) in [5.41, 5.74) is 0.470. The summed E-state index contributed by atoms with van der Waals surface area (Å²) in [4.78, 5) is 18.1. The average molecular weight is 356 g/mol. The van der Waals surface area contributed by atoms with Gasteiger partial charge in [-0.2, -0.15) is 0 Å². The van der Waals surface area contributed by atoms with Crippen molar-refractivity contribution in [3.8, 4) is 0 Å². The van der Waals surface area contributed by atoms with Crippen LogP contribution in [-0.2, 0) is 4.74 Å². The van der Waals surface area contributed by atoms with E-state index >= 15 is 0 Å². The summed E-state index contributed by atoms with van der Waals surface area (Å²) in [7, 11) is 0. The third-order valence-corrected chi connectivity index (χ3v) is 4.90. The van der Waals surface area contributed by atoms with Gasteiger partial charge in [0.05, 0.1) is 6.10 Å². The van der Waals surface area contributed by atoms with E-state index in [0.717, 1.165) is 29.2 Å². The number of nitrogens with zero attached hydrogens (tertiary/aromatic N) is 2. The number of piperidine rings is 1. The fourth-order valence-electron chi connectivity index (χ4n) is 3.55. The van der Waals surface area contributed by atoms with Gasteiger partial charge < -0.3 is 14.7 Å². The molecule has 5 nitrogen and oxygen atoms in total. The fourth-order valence-corrected chi connectivity index (χ4v) is 3.55. The molecule has 1 saturated heterocycles. The maximum atomic E-state index is 12.2. The molecule has 1 fully saturated rings. The number of hydrogen-bond donors (Lipinski definition) is 1. The van der Waals surface area contributed by atoms with Gasteiger partial charge in [-0.05, 0) is 63.0 Å². The summed E-state index contributed by atoms with van der Waals surface area (Å²) in [5, 5.41) is 12.9. The second-order valence-electron chi connectivity index (χ2n) is 8.11. The molecule has 1 aliphatic rings. The second kappa shape index (κ2) is 7.62. The molecule has 2 aromatic rings. The highest BCUT2D eigenvalue weighted by Crippen LogP contribution is 2.32. The number of fused-ring (bicyclic) bond motifs is 1. The maximum Gasteiger partial charge on any atom is 0.410 e. The van der Waals surface area contributed by atoms with Crippen LogP contribution in [0.25, 0.3) is 10.8 Å². The standard InChI is InChI=1S/C21H28N2O3/c1-21(2,3)26-20(25)23-11-8-15(9-12-23)13-19(24)17-6-4-5-16-7-10-22-14-18(16)17/h4-7,10,14-15,19,24H,8-9,11-13H2,1-3H3. The Morgan fingerprint density at radius 1 is 1.31 bits per heavy atom. The van der Waals surface area contributed by atoms with Gasteiger partial charge in [-0.3, -0.25) is 4.98 Å². The van der Waals surface area contributed by atoms with Gasteiger partial charge in [0.15, 0.2) is 0 Å². The Labute approximate surface area is 155 Å². The molecule has 1 aliphatic heterocycles. The monoisotopic (exact) mass is 356 g/mol. The number of carbonyl (C=O) groups excluding carboxylic acids is 1. The minimum absolute atomic E-state index is 0.239. The lowest BCUT2D eigenvalue weighted by Crippen LogP contribution is -2.41. The quantitative estimate of drug-likeness (QED) is 0.890. The molecule has 1 atom stereocenters. The van der Waals surface area contributed by atoms with E-state index in [4.69, 9.17) is 4.74 Å². The number of pyridine rings is 1. The molecule has 140 valence electrons. The highest BCUT2D eigenvalue weighted by Gasteiger charge is 2.28. The Bertz CT molecular complexity index is 756. The summed E-state index contributed by atoms with van der Waals surface area (Å²) in [6, 6.07) is 7.95. The fraction of sp³-hybridized carbons (Fsp3) is 0.524. The molecule has 1 unspecified atom stereocenters. The van der Waals surface area contributed by atoms with Gasteiger partial charge in [0, 0.05) is 30.9 Å². The van der Waals surface area contributed by atoms with E-state index in [-0.39, 0.29) is 6.09 Å². The van der Waals surface area contributed by atoms with Crippen molar-refractivity contribution in [2.24, 2.45) is 5.92 Å². The normalized spacial score (nSPS) is 17.3. The molecule has 1 aromatic carbocycles. The lowest BCUT2D eigenvalue weighted by atomic mass is 9.88. The van der Waals surface area contributed by atoms with E-state index in [1.165, 1.54) is 0 Å². The zero-order chi connectivity index (χ0) is 18.7. The number of aromatic nitrogens is 1. The minimum atomic E-state index is -0.513. The molecular formula is C21H28N2O3. The molecule has 1 amide bonds. The smallest absolute Gasteiger partial charge is 0.410 e. The largest absolute Gasteiger partial charge is 0.444 e. The van der Waals surface area contributed by atoms with Crippen LogP contribution >= 0.6 is 0 Å². The van der Waals surface area contributed by atoms with Gasteiger partial charge in [-0.15, -0.1) is 0 Å². The van der Waals surface area contributed by atoms with Crippen LogP contribution in [0.2, 0.25) is 0 Å². The number of benzene rings is 1. The Balaban J connectivity index is 1.58. The number of amides is 1. The lowest BCUT2D eigenvalue weighted by Gasteiger charge is -2.34. The van der Waals surface area contributed by atoms with Crippen molar-refractivity contribution in [2.75, 3.05) is 13.1 Å². The first-order valence-electron chi connectivity index (χ1n) is 9.32. The van der Waals surface area contributed by atoms with Crippen LogP contribution in [0.1, 0.15) is 51.7 Å². The first-order chi connectivity index (χ1) is 12.3. The van der Waals surface area contributed by atoms with Crippen molar-refractivity contribution in [1.29, 1.82) is 0 Å². The third-order valence-electron chi connectivity index (χ3n) is 4.90. The summed E-state index contributed by atoms with van der Waals surface area (Å²) >= 11 is 0. The summed E-state index contributed by atoms with van der Waals surface area (Å²) in [6.07, 6.45) is 5.32. The van der Waals surface area contributed by atoms with Crippen LogP contribution in [0.15, 0.2) is 36.7 Å². The van der Waals surface area contributed by atoms with E-state index in [1.807, 2.05) is 51.2 Å². The molecular weight excluding hydrogens is 328 g/mol. The van der Waals surface area contributed by atoms with E-state index in [2.05, 4.69) is 4.98 Å². The molecule has 5 heteroatoms. The van der Waals surface area contributed by atoms with Crippen LogP contribution < -0.4 is 0 Å². The highest BCUT2D eigenvalue weighted by molar-refractivity contribution is 5.85. The van der Waals surface area contributed by atoms with Crippen LogP contribution in [0.5, 0.6) is 0 Å². The van der Waals surface area contributed by atoms with Crippen molar-refractivity contribution in [3.05, 3.63) is 42.2 Å². The van der Waals surface area contributed by atoms with Crippen LogP contribution in [0, 0.1) is 5.92 Å².